The van der Waals surface area contributed by atoms with Gasteiger partial charge in [-0.3, -0.25) is 11.5 Å². The molecule has 4 N–H and O–H groups in total. The maximum atomic E-state index is 6.10. The number of nitrogens with two attached hydrogens (primary N) is 2. The molecule has 0 bridgehead atoms. The van der Waals surface area contributed by atoms with E-state index in [4.69, 9.17) is 39.4 Å². The molecule has 3 nitrogen and oxygen atoms in total. The van der Waals surface area contributed by atoms with Crippen LogP contribution in [0.15, 0.2) is 46.5 Å². The Hall–Kier alpha value is -0.580. The van der Waals surface area contributed by atoms with Crippen LogP contribution in [-0.2, 0) is 4.74 Å². The van der Waals surface area contributed by atoms with Crippen LogP contribution in [-0.4, -0.2) is 11.4 Å². The summed E-state index contributed by atoms with van der Waals surface area (Å²) >= 11 is 11.9. The van der Waals surface area contributed by atoms with Crippen LogP contribution < -0.4 is 11.5 Å². The third kappa shape index (κ3) is 3.21. The number of allylic oxidation sites excluding steroid dienone is 4. The molecule has 0 spiro atoms. The molecule has 0 aromatic rings. The van der Waals surface area contributed by atoms with Crippen molar-refractivity contribution in [1.29, 1.82) is 0 Å². The maximum Gasteiger partial charge on any atom is 0.143 e. The Morgan fingerprint density at radius 1 is 0.941 bits per heavy atom. The molecule has 2 atom stereocenters. The smallest absolute Gasteiger partial charge is 0.143 e. The molecule has 0 aliphatic heterocycles. The average Bonchev–Trinajstić information content (AvgIpc) is 2.14. The minimum absolute atomic E-state index is 0.402. The molecule has 0 saturated carbocycles. The van der Waals surface area contributed by atoms with E-state index in [1.54, 1.807) is 36.5 Å². The van der Waals surface area contributed by atoms with Gasteiger partial charge in [0.2, 0.25) is 0 Å². The van der Waals surface area contributed by atoms with Crippen LogP contribution in [0.1, 0.15) is 12.8 Å². The predicted octanol–water partition coefficient (Wildman–Crippen LogP) is 2.48. The highest BCUT2D eigenvalue weighted by Crippen LogP contribution is 2.32. The molecule has 92 valence electrons. The highest BCUT2D eigenvalue weighted by atomic mass is 35.5. The molecular weight excluding hydrogens is 259 g/mol. The Kier molecular flexibility index (Phi) is 3.48. The van der Waals surface area contributed by atoms with E-state index in [-0.39, 0.29) is 0 Å². The fraction of sp³-hybridized carbons (Fsp3) is 0.333. The van der Waals surface area contributed by atoms with Crippen LogP contribution in [0.5, 0.6) is 0 Å². The van der Waals surface area contributed by atoms with Crippen LogP contribution in [0, 0.1) is 0 Å². The summed E-state index contributed by atoms with van der Waals surface area (Å²) in [6, 6.07) is 0. The fourth-order valence-electron chi connectivity index (χ4n) is 1.89. The minimum atomic E-state index is -0.987. The Balaban J connectivity index is 2.12. The van der Waals surface area contributed by atoms with Crippen molar-refractivity contribution in [2.24, 2.45) is 11.5 Å². The van der Waals surface area contributed by atoms with Crippen molar-refractivity contribution in [2.45, 2.75) is 24.3 Å². The Bertz CT molecular complexity index is 402. The Labute approximate surface area is 110 Å². The van der Waals surface area contributed by atoms with Crippen molar-refractivity contribution in [3.05, 3.63) is 46.5 Å². The van der Waals surface area contributed by atoms with Gasteiger partial charge in [0, 0.05) is 22.9 Å². The van der Waals surface area contributed by atoms with Gasteiger partial charge < -0.3 is 4.74 Å². The van der Waals surface area contributed by atoms with Gasteiger partial charge >= 0.3 is 0 Å². The zero-order chi connectivity index (χ0) is 12.5. The van der Waals surface area contributed by atoms with E-state index in [0.717, 1.165) is 0 Å². The van der Waals surface area contributed by atoms with Crippen molar-refractivity contribution in [1.82, 2.24) is 0 Å². The molecular formula is C12H14Cl2N2O. The molecule has 0 fully saturated rings. The lowest BCUT2D eigenvalue weighted by molar-refractivity contribution is -0.101. The third-order valence-corrected chi connectivity index (χ3v) is 3.10. The van der Waals surface area contributed by atoms with Gasteiger partial charge in [-0.05, 0) is 24.3 Å². The highest BCUT2D eigenvalue weighted by Gasteiger charge is 2.36. The molecule has 2 aliphatic carbocycles. The fourth-order valence-corrected chi connectivity index (χ4v) is 2.45. The van der Waals surface area contributed by atoms with E-state index in [1.807, 2.05) is 0 Å². The predicted molar refractivity (Wildman–Crippen MR) is 70.3 cm³/mol. The molecule has 2 rings (SSSR count). The molecule has 2 unspecified atom stereocenters. The molecule has 0 heterocycles. The number of ether oxygens (including phenoxy) is 1. The summed E-state index contributed by atoms with van der Waals surface area (Å²) in [5.74, 6) is 0. The Morgan fingerprint density at radius 2 is 1.35 bits per heavy atom. The summed E-state index contributed by atoms with van der Waals surface area (Å²) in [7, 11) is 0. The second kappa shape index (κ2) is 4.59. The van der Waals surface area contributed by atoms with Crippen LogP contribution in [0.25, 0.3) is 0 Å². The molecule has 0 aromatic heterocycles. The standard InChI is InChI=1S/C12H14Cl2N2O/c13-9-3-1-5-11(15,7-9)17-12(16)6-2-4-10(14)8-12/h1-6H,7-8,15-16H2. The third-order valence-electron chi connectivity index (χ3n) is 2.58. The van der Waals surface area contributed by atoms with Crippen LogP contribution in [0.2, 0.25) is 0 Å². The van der Waals surface area contributed by atoms with Gasteiger partial charge in [0.25, 0.3) is 0 Å². The minimum Gasteiger partial charge on any atom is -0.332 e. The topological polar surface area (TPSA) is 61.3 Å². The first kappa shape index (κ1) is 12.9. The van der Waals surface area contributed by atoms with Crippen LogP contribution in [0.4, 0.5) is 0 Å². The largest absolute Gasteiger partial charge is 0.332 e. The van der Waals surface area contributed by atoms with Gasteiger partial charge in [0.15, 0.2) is 0 Å². The van der Waals surface area contributed by atoms with E-state index in [0.29, 0.717) is 22.9 Å². The first-order valence-electron chi connectivity index (χ1n) is 5.27. The molecule has 0 saturated heterocycles. The Morgan fingerprint density at radius 3 is 1.71 bits per heavy atom. The molecule has 17 heavy (non-hydrogen) atoms. The van der Waals surface area contributed by atoms with Gasteiger partial charge in [-0.1, -0.05) is 35.4 Å². The van der Waals surface area contributed by atoms with Gasteiger partial charge in [-0.25, -0.2) is 0 Å². The van der Waals surface area contributed by atoms with Gasteiger partial charge in [-0.15, -0.1) is 0 Å². The number of rotatable bonds is 2. The first-order chi connectivity index (χ1) is 7.91. The van der Waals surface area contributed by atoms with Crippen molar-refractivity contribution in [2.75, 3.05) is 0 Å². The van der Waals surface area contributed by atoms with E-state index < -0.39 is 11.4 Å². The SMILES string of the molecule is NC1(OC2(N)C=CC=C(Cl)C2)C=CC=C(Cl)C1. The maximum absolute atomic E-state index is 6.10. The monoisotopic (exact) mass is 272 g/mol. The lowest BCUT2D eigenvalue weighted by Gasteiger charge is -2.38. The number of halogens is 2. The second-order valence-corrected chi connectivity index (χ2v) is 5.28. The lowest BCUT2D eigenvalue weighted by atomic mass is 10.0. The summed E-state index contributed by atoms with van der Waals surface area (Å²) < 4.78 is 5.78. The summed E-state index contributed by atoms with van der Waals surface area (Å²) in [5.41, 5.74) is 10.2. The van der Waals surface area contributed by atoms with Crippen molar-refractivity contribution >= 4 is 23.2 Å². The van der Waals surface area contributed by atoms with Crippen molar-refractivity contribution in [3.8, 4) is 0 Å². The summed E-state index contributed by atoms with van der Waals surface area (Å²) in [5, 5.41) is 1.28. The van der Waals surface area contributed by atoms with E-state index in [9.17, 15) is 0 Å². The summed E-state index contributed by atoms with van der Waals surface area (Å²) in [6.45, 7) is 0. The zero-order valence-corrected chi connectivity index (χ0v) is 10.7. The van der Waals surface area contributed by atoms with Gasteiger partial charge in [-0.2, -0.15) is 0 Å². The van der Waals surface area contributed by atoms with Gasteiger partial charge in [0.05, 0.1) is 0 Å². The quantitative estimate of drug-likeness (QED) is 0.760. The first-order valence-corrected chi connectivity index (χ1v) is 6.02. The van der Waals surface area contributed by atoms with E-state index in [1.165, 1.54) is 0 Å². The molecule has 0 radical (unpaired) electrons. The van der Waals surface area contributed by atoms with Gasteiger partial charge in [0.1, 0.15) is 11.4 Å². The molecule has 0 amide bonds. The number of hydrogen-bond acceptors (Lipinski definition) is 3. The zero-order valence-electron chi connectivity index (χ0n) is 9.20. The highest BCUT2D eigenvalue weighted by molar-refractivity contribution is 6.30. The van der Waals surface area contributed by atoms with E-state index >= 15 is 0 Å². The lowest BCUT2D eigenvalue weighted by Crippen LogP contribution is -2.54. The van der Waals surface area contributed by atoms with Crippen molar-refractivity contribution in [3.63, 3.8) is 0 Å². The normalized spacial score (nSPS) is 36.7. The van der Waals surface area contributed by atoms with Crippen LogP contribution in [0.3, 0.4) is 0 Å². The molecule has 5 heteroatoms. The van der Waals surface area contributed by atoms with E-state index in [2.05, 4.69) is 0 Å². The second-order valence-electron chi connectivity index (χ2n) is 4.31. The molecule has 2 aliphatic rings. The summed E-state index contributed by atoms with van der Waals surface area (Å²) in [4.78, 5) is 0. The van der Waals surface area contributed by atoms with Crippen LogP contribution >= 0.6 is 23.2 Å². The summed E-state index contributed by atoms with van der Waals surface area (Å²) in [6.07, 6.45) is 11.4. The number of hydrogen-bond donors (Lipinski definition) is 2. The average molecular weight is 273 g/mol. The molecule has 0 aromatic carbocycles. The van der Waals surface area contributed by atoms with Crippen molar-refractivity contribution < 1.29 is 4.74 Å².